The van der Waals surface area contributed by atoms with Gasteiger partial charge in [0.2, 0.25) is 0 Å². The van der Waals surface area contributed by atoms with Crippen molar-refractivity contribution in [3.8, 4) is 11.5 Å². The lowest BCUT2D eigenvalue weighted by atomic mass is 9.95. The van der Waals surface area contributed by atoms with Crippen LogP contribution in [0.1, 0.15) is 23.6 Å². The molecule has 1 aliphatic heterocycles. The first-order chi connectivity index (χ1) is 13.0. The van der Waals surface area contributed by atoms with E-state index >= 15 is 0 Å². The fourth-order valence-electron chi connectivity index (χ4n) is 3.29. The maximum atomic E-state index is 14.1. The summed E-state index contributed by atoms with van der Waals surface area (Å²) in [5.74, 6) is 0.433. The minimum atomic E-state index is -0.868. The number of carboxylic acid groups (broad SMARTS) is 1. The number of nitrogens with zero attached hydrogens (tertiary/aromatic N) is 2. The summed E-state index contributed by atoms with van der Waals surface area (Å²) >= 11 is 1.57. The molecule has 0 unspecified atom stereocenters. The molecular formula is C19H18FN3O3S. The van der Waals surface area contributed by atoms with Crippen molar-refractivity contribution in [1.29, 1.82) is 0 Å². The summed E-state index contributed by atoms with van der Waals surface area (Å²) in [6.45, 7) is 1.06. The minimum absolute atomic E-state index is 0.112. The molecule has 3 heterocycles. The Morgan fingerprint density at radius 2 is 2.04 bits per heavy atom. The predicted molar refractivity (Wildman–Crippen MR) is 102 cm³/mol. The van der Waals surface area contributed by atoms with Gasteiger partial charge in [0.05, 0.1) is 10.2 Å². The van der Waals surface area contributed by atoms with Crippen LogP contribution < -0.4 is 10.5 Å². The van der Waals surface area contributed by atoms with E-state index in [4.69, 9.17) is 15.6 Å². The highest BCUT2D eigenvalue weighted by Crippen LogP contribution is 2.40. The number of fused-ring (bicyclic) bond motifs is 1. The van der Waals surface area contributed by atoms with Crippen molar-refractivity contribution in [2.45, 2.75) is 18.8 Å². The number of nitrogen functional groups attached to an aromatic ring is 1. The van der Waals surface area contributed by atoms with E-state index in [2.05, 4.69) is 4.98 Å². The van der Waals surface area contributed by atoms with Crippen molar-refractivity contribution in [3.63, 3.8) is 0 Å². The van der Waals surface area contributed by atoms with Gasteiger partial charge in [0.25, 0.3) is 0 Å². The number of carbonyl (C=O) groups is 1. The molecule has 1 aromatic carbocycles. The molecule has 0 aliphatic carbocycles. The standard InChI is InChI=1S/C19H18FN3O3S/c20-13-9-12(21)1-2-15(13)26-16-3-6-22-14-10-17(27-18(14)16)11-4-7-23(8-5-11)19(24)25/h1-3,6,9-11H,4-5,7-8,21H2,(H,24,25). The van der Waals surface area contributed by atoms with Gasteiger partial charge in [-0.05, 0) is 37.0 Å². The Bertz CT molecular complexity index is 999. The fourth-order valence-corrected chi connectivity index (χ4v) is 4.52. The van der Waals surface area contributed by atoms with Crippen molar-refractivity contribution in [2.24, 2.45) is 0 Å². The Balaban J connectivity index is 1.60. The lowest BCUT2D eigenvalue weighted by Gasteiger charge is -2.29. The van der Waals surface area contributed by atoms with Gasteiger partial charge in [-0.2, -0.15) is 0 Å². The normalized spacial score (nSPS) is 15.2. The molecule has 0 bridgehead atoms. The van der Waals surface area contributed by atoms with Crippen LogP contribution in [0.3, 0.4) is 0 Å². The van der Waals surface area contributed by atoms with E-state index < -0.39 is 11.9 Å². The minimum Gasteiger partial charge on any atom is -0.465 e. The molecule has 27 heavy (non-hydrogen) atoms. The van der Waals surface area contributed by atoms with Crippen LogP contribution in [0.25, 0.3) is 10.2 Å². The average molecular weight is 387 g/mol. The van der Waals surface area contributed by atoms with E-state index in [1.54, 1.807) is 29.7 Å². The van der Waals surface area contributed by atoms with Crippen molar-refractivity contribution >= 4 is 33.3 Å². The fraction of sp³-hybridized carbons (Fsp3) is 0.263. The lowest BCUT2D eigenvalue weighted by Crippen LogP contribution is -2.36. The Hall–Kier alpha value is -2.87. The molecule has 6 nitrogen and oxygen atoms in total. The van der Waals surface area contributed by atoms with Crippen LogP contribution in [0.4, 0.5) is 14.9 Å². The number of nitrogens with two attached hydrogens (primary N) is 1. The van der Waals surface area contributed by atoms with Gasteiger partial charge in [0.15, 0.2) is 11.6 Å². The number of halogens is 1. The number of piperidine rings is 1. The summed E-state index contributed by atoms with van der Waals surface area (Å²) in [6.07, 6.45) is 2.33. The summed E-state index contributed by atoms with van der Waals surface area (Å²) in [7, 11) is 0. The van der Waals surface area contributed by atoms with Gasteiger partial charge in [-0.1, -0.05) is 0 Å². The number of hydrogen-bond acceptors (Lipinski definition) is 5. The van der Waals surface area contributed by atoms with Crippen molar-refractivity contribution in [3.05, 3.63) is 47.2 Å². The van der Waals surface area contributed by atoms with Crippen LogP contribution in [-0.4, -0.2) is 34.2 Å². The summed E-state index contributed by atoms with van der Waals surface area (Å²) in [5.41, 5.74) is 6.72. The van der Waals surface area contributed by atoms with Gasteiger partial charge in [-0.25, -0.2) is 9.18 Å². The van der Waals surface area contributed by atoms with Crippen LogP contribution in [0.5, 0.6) is 11.5 Å². The number of rotatable bonds is 3. The largest absolute Gasteiger partial charge is 0.465 e. The van der Waals surface area contributed by atoms with Crippen LogP contribution >= 0.6 is 11.3 Å². The second-order valence-corrected chi connectivity index (χ2v) is 7.59. The molecule has 1 fully saturated rings. The zero-order valence-corrected chi connectivity index (χ0v) is 15.2. The van der Waals surface area contributed by atoms with Gasteiger partial charge >= 0.3 is 6.09 Å². The molecule has 4 rings (SSSR count). The molecule has 0 saturated carbocycles. The number of amides is 1. The zero-order valence-electron chi connectivity index (χ0n) is 14.4. The van der Waals surface area contributed by atoms with E-state index in [0.717, 1.165) is 27.9 Å². The summed E-state index contributed by atoms with van der Waals surface area (Å²) in [4.78, 5) is 18.1. The number of pyridine rings is 1. The lowest BCUT2D eigenvalue weighted by molar-refractivity contribution is 0.132. The van der Waals surface area contributed by atoms with Crippen LogP contribution in [0, 0.1) is 5.82 Å². The van der Waals surface area contributed by atoms with Crippen LogP contribution in [-0.2, 0) is 0 Å². The number of ether oxygens (including phenoxy) is 1. The molecule has 140 valence electrons. The summed E-state index contributed by atoms with van der Waals surface area (Å²) in [6, 6.07) is 8.06. The number of aromatic nitrogens is 1. The number of anilines is 1. The van der Waals surface area contributed by atoms with E-state index in [1.807, 2.05) is 6.07 Å². The molecule has 1 amide bonds. The molecular weight excluding hydrogens is 369 g/mol. The predicted octanol–water partition coefficient (Wildman–Crippen LogP) is 4.67. The van der Waals surface area contributed by atoms with Crippen LogP contribution in [0.2, 0.25) is 0 Å². The van der Waals surface area contributed by atoms with Gasteiger partial charge < -0.3 is 20.5 Å². The summed E-state index contributed by atoms with van der Waals surface area (Å²) < 4.78 is 20.7. The van der Waals surface area contributed by atoms with Gasteiger partial charge in [-0.3, -0.25) is 4.98 Å². The van der Waals surface area contributed by atoms with Crippen molar-refractivity contribution in [2.75, 3.05) is 18.8 Å². The molecule has 1 aliphatic rings. The number of thiophene rings is 1. The second kappa shape index (κ2) is 7.03. The number of likely N-dealkylation sites (tertiary alicyclic amines) is 1. The number of hydrogen-bond donors (Lipinski definition) is 2. The molecule has 3 N–H and O–H groups in total. The third-order valence-electron chi connectivity index (χ3n) is 4.74. The van der Waals surface area contributed by atoms with Gasteiger partial charge in [0.1, 0.15) is 5.75 Å². The Morgan fingerprint density at radius 3 is 2.74 bits per heavy atom. The topological polar surface area (TPSA) is 88.7 Å². The van der Waals surface area contributed by atoms with Crippen LogP contribution in [0.15, 0.2) is 36.5 Å². The quantitative estimate of drug-likeness (QED) is 0.638. The highest BCUT2D eigenvalue weighted by Gasteiger charge is 2.25. The molecule has 3 aromatic rings. The molecule has 0 radical (unpaired) electrons. The van der Waals surface area contributed by atoms with E-state index in [-0.39, 0.29) is 5.75 Å². The first kappa shape index (κ1) is 17.5. The monoisotopic (exact) mass is 387 g/mol. The summed E-state index contributed by atoms with van der Waals surface area (Å²) in [5, 5.41) is 9.09. The second-order valence-electron chi connectivity index (χ2n) is 6.51. The Kier molecular flexibility index (Phi) is 4.57. The van der Waals surface area contributed by atoms with E-state index in [0.29, 0.717) is 30.4 Å². The highest BCUT2D eigenvalue weighted by atomic mass is 32.1. The Labute approximate surface area is 159 Å². The first-order valence-electron chi connectivity index (χ1n) is 8.60. The highest BCUT2D eigenvalue weighted by molar-refractivity contribution is 7.19. The maximum absolute atomic E-state index is 14.1. The Morgan fingerprint density at radius 1 is 1.26 bits per heavy atom. The maximum Gasteiger partial charge on any atom is 0.407 e. The zero-order chi connectivity index (χ0) is 19.0. The first-order valence-corrected chi connectivity index (χ1v) is 9.42. The SMILES string of the molecule is Nc1ccc(Oc2ccnc3cc(C4CCN(C(=O)O)CC4)sc23)c(F)c1. The molecule has 0 spiro atoms. The van der Waals surface area contributed by atoms with E-state index in [1.165, 1.54) is 17.0 Å². The third kappa shape index (κ3) is 3.52. The number of benzene rings is 1. The third-order valence-corrected chi connectivity index (χ3v) is 6.04. The molecule has 2 aromatic heterocycles. The van der Waals surface area contributed by atoms with Crippen molar-refractivity contribution < 1.29 is 19.0 Å². The average Bonchev–Trinajstić information content (AvgIpc) is 3.09. The molecule has 8 heteroatoms. The van der Waals surface area contributed by atoms with Gasteiger partial charge in [-0.15, -0.1) is 11.3 Å². The molecule has 1 saturated heterocycles. The smallest absolute Gasteiger partial charge is 0.407 e. The van der Waals surface area contributed by atoms with Crippen molar-refractivity contribution in [1.82, 2.24) is 9.88 Å². The van der Waals surface area contributed by atoms with E-state index in [9.17, 15) is 9.18 Å². The van der Waals surface area contributed by atoms with Gasteiger partial charge in [0, 0.05) is 42.0 Å². The molecule has 0 atom stereocenters.